The van der Waals surface area contributed by atoms with Gasteiger partial charge in [0.25, 0.3) is 0 Å². The van der Waals surface area contributed by atoms with E-state index < -0.39 is 0 Å². The molecule has 7 nitrogen and oxygen atoms in total. The van der Waals surface area contributed by atoms with Crippen molar-refractivity contribution in [1.29, 1.82) is 0 Å². The highest BCUT2D eigenvalue weighted by Gasteiger charge is 2.24. The van der Waals surface area contributed by atoms with Gasteiger partial charge in [0, 0.05) is 25.2 Å². The largest absolute Gasteiger partial charge is 0.508 e. The molecule has 4 N–H and O–H groups in total. The molecular weight excluding hydrogens is 270 g/mol. The number of benzene rings is 1. The molecule has 1 saturated heterocycles. The third kappa shape index (κ3) is 2.78. The van der Waals surface area contributed by atoms with Crippen molar-refractivity contribution in [3.8, 4) is 22.9 Å². The minimum absolute atomic E-state index is 0.0533. The van der Waals surface area contributed by atoms with Crippen LogP contribution >= 0.6 is 0 Å². The van der Waals surface area contributed by atoms with Gasteiger partial charge >= 0.3 is 0 Å². The van der Waals surface area contributed by atoms with Crippen LogP contribution in [0, 0.1) is 0 Å². The summed E-state index contributed by atoms with van der Waals surface area (Å²) in [7, 11) is 0. The Kier molecular flexibility index (Phi) is 3.42. The van der Waals surface area contributed by atoms with Gasteiger partial charge < -0.3 is 20.4 Å². The lowest BCUT2D eigenvalue weighted by atomic mass is 10.1. The van der Waals surface area contributed by atoms with Gasteiger partial charge in [0.2, 0.25) is 5.95 Å². The minimum atomic E-state index is 0.0533. The van der Waals surface area contributed by atoms with E-state index in [2.05, 4.69) is 39.2 Å². The molecule has 1 fully saturated rings. The third-order valence-corrected chi connectivity index (χ3v) is 3.55. The van der Waals surface area contributed by atoms with E-state index in [0.717, 1.165) is 13.1 Å². The second kappa shape index (κ2) is 5.25. The van der Waals surface area contributed by atoms with Gasteiger partial charge in [-0.1, -0.05) is 0 Å². The predicted octanol–water partition coefficient (Wildman–Crippen LogP) is 1.07. The minimum Gasteiger partial charge on any atom is -0.508 e. The summed E-state index contributed by atoms with van der Waals surface area (Å²) in [6.45, 7) is 5.90. The van der Waals surface area contributed by atoms with Crippen LogP contribution in [0.3, 0.4) is 0 Å². The number of phenolic OH excluding ortho intramolecular Hbond substituents is 2. The summed E-state index contributed by atoms with van der Waals surface area (Å²) >= 11 is 0. The van der Waals surface area contributed by atoms with Crippen molar-refractivity contribution in [2.75, 3.05) is 18.0 Å². The van der Waals surface area contributed by atoms with Crippen molar-refractivity contribution in [2.24, 2.45) is 0 Å². The molecule has 0 bridgehead atoms. The summed E-state index contributed by atoms with van der Waals surface area (Å²) in [5.41, 5.74) is 0.435. The Labute approximate surface area is 122 Å². The van der Waals surface area contributed by atoms with Crippen LogP contribution in [0.25, 0.3) is 11.4 Å². The first-order valence-electron chi connectivity index (χ1n) is 6.98. The van der Waals surface area contributed by atoms with Crippen LogP contribution in [-0.2, 0) is 0 Å². The average Bonchev–Trinajstić information content (AvgIpc) is 2.90. The third-order valence-electron chi connectivity index (χ3n) is 3.55. The monoisotopic (exact) mass is 289 g/mol. The van der Waals surface area contributed by atoms with Gasteiger partial charge in [-0.05, 0) is 32.0 Å². The molecule has 112 valence electrons. The smallest absolute Gasteiger partial charge is 0.245 e. The van der Waals surface area contributed by atoms with E-state index in [1.165, 1.54) is 18.2 Å². The normalized spacial score (nSPS) is 22.5. The van der Waals surface area contributed by atoms with Crippen LogP contribution in [0.15, 0.2) is 18.2 Å². The molecule has 7 heteroatoms. The highest BCUT2D eigenvalue weighted by Crippen LogP contribution is 2.30. The zero-order chi connectivity index (χ0) is 15.0. The summed E-state index contributed by atoms with van der Waals surface area (Å²) < 4.78 is 0. The van der Waals surface area contributed by atoms with Crippen LogP contribution in [0.2, 0.25) is 0 Å². The fourth-order valence-electron chi connectivity index (χ4n) is 2.72. The number of rotatable bonds is 2. The molecule has 2 atom stereocenters. The van der Waals surface area contributed by atoms with E-state index in [1.54, 1.807) is 0 Å². The molecule has 21 heavy (non-hydrogen) atoms. The molecule has 2 heterocycles. The zero-order valence-electron chi connectivity index (χ0n) is 12.0. The van der Waals surface area contributed by atoms with Crippen LogP contribution < -0.4 is 10.2 Å². The van der Waals surface area contributed by atoms with Crippen molar-refractivity contribution >= 4 is 5.95 Å². The highest BCUT2D eigenvalue weighted by atomic mass is 16.3. The standard InChI is InChI=1S/C14H19N5O2/c1-8-6-19(7-9(2)15-8)14-16-13(17-18-14)11-5-10(20)3-4-12(11)21/h3-5,8-9,15,20-21H,6-7H2,1-2H3,(H,16,17,18). The summed E-state index contributed by atoms with van der Waals surface area (Å²) in [5.74, 6) is 1.17. The van der Waals surface area contributed by atoms with E-state index in [1.807, 2.05) is 0 Å². The second-order valence-corrected chi connectivity index (χ2v) is 5.56. The Hall–Kier alpha value is -2.28. The number of nitrogens with one attached hydrogen (secondary N) is 2. The fourth-order valence-corrected chi connectivity index (χ4v) is 2.72. The molecule has 1 aromatic carbocycles. The van der Waals surface area contributed by atoms with Crippen LogP contribution in [0.4, 0.5) is 5.95 Å². The van der Waals surface area contributed by atoms with Crippen LogP contribution in [-0.4, -0.2) is 50.6 Å². The molecule has 3 rings (SSSR count). The van der Waals surface area contributed by atoms with Gasteiger partial charge in [0.1, 0.15) is 11.5 Å². The van der Waals surface area contributed by atoms with Gasteiger partial charge in [0.15, 0.2) is 5.82 Å². The Bertz CT molecular complexity index is 632. The maximum absolute atomic E-state index is 9.87. The van der Waals surface area contributed by atoms with Crippen LogP contribution in [0.1, 0.15) is 13.8 Å². The summed E-state index contributed by atoms with van der Waals surface area (Å²) in [6.07, 6.45) is 0. The summed E-state index contributed by atoms with van der Waals surface area (Å²) in [6, 6.07) is 5.05. The summed E-state index contributed by atoms with van der Waals surface area (Å²) in [5, 5.41) is 29.9. The molecule has 0 amide bonds. The van der Waals surface area contributed by atoms with Crippen molar-refractivity contribution in [2.45, 2.75) is 25.9 Å². The molecule has 1 aliphatic heterocycles. The fraction of sp³-hybridized carbons (Fsp3) is 0.429. The number of aromatic nitrogens is 3. The first-order chi connectivity index (χ1) is 10.0. The Morgan fingerprint density at radius 2 is 1.90 bits per heavy atom. The van der Waals surface area contributed by atoms with Crippen molar-refractivity contribution in [3.05, 3.63) is 18.2 Å². The molecule has 2 unspecified atom stereocenters. The molecular formula is C14H19N5O2. The Balaban J connectivity index is 1.88. The second-order valence-electron chi connectivity index (χ2n) is 5.56. The Morgan fingerprint density at radius 1 is 1.19 bits per heavy atom. The van der Waals surface area contributed by atoms with E-state index in [4.69, 9.17) is 0 Å². The number of anilines is 1. The topological polar surface area (TPSA) is 97.3 Å². The first-order valence-corrected chi connectivity index (χ1v) is 6.98. The number of piperazine rings is 1. The number of aromatic amines is 1. The van der Waals surface area contributed by atoms with Crippen LogP contribution in [0.5, 0.6) is 11.5 Å². The van der Waals surface area contributed by atoms with Gasteiger partial charge in [-0.3, -0.25) is 5.10 Å². The van der Waals surface area contributed by atoms with Crippen molar-refractivity contribution in [1.82, 2.24) is 20.5 Å². The van der Waals surface area contributed by atoms with Gasteiger partial charge in [-0.2, -0.15) is 4.98 Å². The zero-order valence-corrected chi connectivity index (χ0v) is 12.0. The molecule has 0 spiro atoms. The number of phenols is 2. The number of nitrogens with zero attached hydrogens (tertiary/aromatic N) is 3. The lowest BCUT2D eigenvalue weighted by Gasteiger charge is -2.35. The van der Waals surface area contributed by atoms with Gasteiger partial charge in [-0.15, -0.1) is 5.10 Å². The van der Waals surface area contributed by atoms with Crippen molar-refractivity contribution in [3.63, 3.8) is 0 Å². The average molecular weight is 289 g/mol. The first kappa shape index (κ1) is 13.7. The van der Waals surface area contributed by atoms with E-state index >= 15 is 0 Å². The van der Waals surface area contributed by atoms with E-state index in [0.29, 0.717) is 29.4 Å². The number of hydrogen-bond donors (Lipinski definition) is 4. The Morgan fingerprint density at radius 3 is 2.62 bits per heavy atom. The molecule has 2 aromatic rings. The lowest BCUT2D eigenvalue weighted by Crippen LogP contribution is -2.54. The molecule has 0 aliphatic carbocycles. The number of H-pyrrole nitrogens is 1. The number of hydrogen-bond acceptors (Lipinski definition) is 6. The van der Waals surface area contributed by atoms with Gasteiger partial charge in [0.05, 0.1) is 5.56 Å². The molecule has 0 saturated carbocycles. The summed E-state index contributed by atoms with van der Waals surface area (Å²) in [4.78, 5) is 6.54. The van der Waals surface area contributed by atoms with E-state index in [9.17, 15) is 10.2 Å². The maximum atomic E-state index is 9.87. The quantitative estimate of drug-likeness (QED) is 0.617. The highest BCUT2D eigenvalue weighted by molar-refractivity contribution is 5.66. The van der Waals surface area contributed by atoms with Crippen molar-refractivity contribution < 1.29 is 10.2 Å². The molecule has 1 aliphatic rings. The lowest BCUT2D eigenvalue weighted by molar-refractivity contribution is 0.403. The maximum Gasteiger partial charge on any atom is 0.245 e. The SMILES string of the molecule is CC1CN(c2n[nH]c(-c3cc(O)ccc3O)n2)CC(C)N1. The molecule has 0 radical (unpaired) electrons. The molecule has 1 aromatic heterocycles. The predicted molar refractivity (Wildman–Crippen MR) is 79.4 cm³/mol. The van der Waals surface area contributed by atoms with E-state index in [-0.39, 0.29) is 11.5 Å². The van der Waals surface area contributed by atoms with Gasteiger partial charge in [-0.25, -0.2) is 0 Å². The number of aromatic hydroxyl groups is 2.